The summed E-state index contributed by atoms with van der Waals surface area (Å²) < 4.78 is 27.5. The predicted molar refractivity (Wildman–Crippen MR) is 65.3 cm³/mol. The minimum absolute atomic E-state index is 0.00240. The standard InChI is InChI=1S/C10H10ClF2N5O/c11-8-14-5-6-7(16-8)18(9(19)15-6)17-3-1-10(12,13)2-4-17/h5H,1-4H2,(H,15,19). The molecule has 0 unspecified atom stereocenters. The summed E-state index contributed by atoms with van der Waals surface area (Å²) in [5.41, 5.74) is 0.290. The van der Waals surface area contributed by atoms with Crippen LogP contribution in [0.2, 0.25) is 5.28 Å². The highest BCUT2D eigenvalue weighted by molar-refractivity contribution is 6.28. The molecule has 1 aliphatic rings. The van der Waals surface area contributed by atoms with Gasteiger partial charge in [-0.05, 0) is 11.6 Å². The first-order valence-electron chi connectivity index (χ1n) is 5.73. The first-order chi connectivity index (χ1) is 8.96. The van der Waals surface area contributed by atoms with Crippen molar-refractivity contribution in [3.05, 3.63) is 22.0 Å². The van der Waals surface area contributed by atoms with Gasteiger partial charge in [0, 0.05) is 25.9 Å². The number of hydrogen-bond acceptors (Lipinski definition) is 4. The Hall–Kier alpha value is -1.70. The van der Waals surface area contributed by atoms with Crippen LogP contribution in [0.3, 0.4) is 0 Å². The molecule has 0 aliphatic carbocycles. The van der Waals surface area contributed by atoms with Gasteiger partial charge in [-0.3, -0.25) is 0 Å². The molecule has 9 heteroatoms. The molecule has 0 amide bonds. The third-order valence-electron chi connectivity index (χ3n) is 3.13. The highest BCUT2D eigenvalue weighted by atomic mass is 35.5. The molecule has 19 heavy (non-hydrogen) atoms. The zero-order valence-electron chi connectivity index (χ0n) is 9.74. The second-order valence-electron chi connectivity index (χ2n) is 4.43. The molecule has 3 heterocycles. The van der Waals surface area contributed by atoms with Crippen LogP contribution in [0.5, 0.6) is 0 Å². The summed E-state index contributed by atoms with van der Waals surface area (Å²) in [5.74, 6) is -2.67. The summed E-state index contributed by atoms with van der Waals surface area (Å²) >= 11 is 5.69. The molecule has 1 saturated heterocycles. The lowest BCUT2D eigenvalue weighted by Gasteiger charge is -2.33. The number of fused-ring (bicyclic) bond motifs is 1. The van der Waals surface area contributed by atoms with E-state index in [0.29, 0.717) is 11.2 Å². The number of hydrogen-bond donors (Lipinski definition) is 1. The van der Waals surface area contributed by atoms with Crippen molar-refractivity contribution in [2.75, 3.05) is 18.1 Å². The lowest BCUT2D eigenvalue weighted by atomic mass is 10.1. The van der Waals surface area contributed by atoms with Gasteiger partial charge in [-0.1, -0.05) is 0 Å². The van der Waals surface area contributed by atoms with E-state index in [2.05, 4.69) is 15.0 Å². The predicted octanol–water partition coefficient (Wildman–Crippen LogP) is 1.14. The molecule has 0 spiro atoms. The van der Waals surface area contributed by atoms with Crippen LogP contribution in [0.1, 0.15) is 12.8 Å². The fraction of sp³-hybridized carbons (Fsp3) is 0.500. The molecule has 3 rings (SSSR count). The Kier molecular flexibility index (Phi) is 2.70. The normalized spacial score (nSPS) is 19.0. The molecule has 0 radical (unpaired) electrons. The number of imidazole rings is 1. The lowest BCUT2D eigenvalue weighted by molar-refractivity contribution is -0.0258. The van der Waals surface area contributed by atoms with Crippen molar-refractivity contribution in [1.82, 2.24) is 19.6 Å². The molecule has 6 nitrogen and oxygen atoms in total. The molecule has 0 bridgehead atoms. The quantitative estimate of drug-likeness (QED) is 0.800. The monoisotopic (exact) mass is 289 g/mol. The Morgan fingerprint density at radius 2 is 2.05 bits per heavy atom. The first-order valence-corrected chi connectivity index (χ1v) is 6.10. The highest BCUT2D eigenvalue weighted by Gasteiger charge is 2.35. The zero-order valence-corrected chi connectivity index (χ0v) is 10.5. The van der Waals surface area contributed by atoms with Crippen molar-refractivity contribution >= 4 is 22.8 Å². The van der Waals surface area contributed by atoms with E-state index in [1.807, 2.05) is 0 Å². The molecule has 0 atom stereocenters. The Balaban J connectivity index is 2.03. The van der Waals surface area contributed by atoms with E-state index in [0.717, 1.165) is 0 Å². The molecular weight excluding hydrogens is 280 g/mol. The van der Waals surface area contributed by atoms with E-state index >= 15 is 0 Å². The van der Waals surface area contributed by atoms with Gasteiger partial charge in [-0.2, -0.15) is 9.66 Å². The summed E-state index contributed by atoms with van der Waals surface area (Å²) in [6.07, 6.45) is 0.816. The van der Waals surface area contributed by atoms with Crippen molar-refractivity contribution in [3.8, 4) is 0 Å². The molecular formula is C10H10ClF2N5O. The van der Waals surface area contributed by atoms with E-state index in [1.54, 1.807) is 5.01 Å². The van der Waals surface area contributed by atoms with Crippen molar-refractivity contribution in [3.63, 3.8) is 0 Å². The minimum Gasteiger partial charge on any atom is -0.306 e. The molecule has 2 aromatic rings. The van der Waals surface area contributed by atoms with Gasteiger partial charge in [-0.15, -0.1) is 0 Å². The number of aromatic nitrogens is 4. The Morgan fingerprint density at radius 1 is 1.37 bits per heavy atom. The number of nitrogens with one attached hydrogen (secondary N) is 1. The maximum Gasteiger partial charge on any atom is 0.346 e. The number of halogens is 3. The second-order valence-corrected chi connectivity index (χ2v) is 4.77. The Bertz CT molecular complexity index is 672. The van der Waals surface area contributed by atoms with E-state index in [-0.39, 0.29) is 31.2 Å². The van der Waals surface area contributed by atoms with Gasteiger partial charge in [0.05, 0.1) is 6.20 Å². The van der Waals surface area contributed by atoms with E-state index in [1.165, 1.54) is 10.9 Å². The molecule has 2 aromatic heterocycles. The SMILES string of the molecule is O=c1[nH]c2cnc(Cl)nc2n1N1CCC(F)(F)CC1. The molecule has 102 valence electrons. The zero-order chi connectivity index (χ0) is 13.6. The number of nitrogens with zero attached hydrogens (tertiary/aromatic N) is 4. The molecule has 1 N–H and O–H groups in total. The van der Waals surface area contributed by atoms with E-state index < -0.39 is 11.6 Å². The van der Waals surface area contributed by atoms with Crippen LogP contribution in [0.25, 0.3) is 11.2 Å². The Labute approximate surface area is 111 Å². The summed E-state index contributed by atoms with van der Waals surface area (Å²) in [7, 11) is 0. The van der Waals surface area contributed by atoms with Gasteiger partial charge in [0.2, 0.25) is 5.28 Å². The topological polar surface area (TPSA) is 66.8 Å². The third kappa shape index (κ3) is 2.16. The fourth-order valence-electron chi connectivity index (χ4n) is 2.15. The average Bonchev–Trinajstić information content (AvgIpc) is 2.65. The molecule has 1 aliphatic heterocycles. The van der Waals surface area contributed by atoms with Crippen LogP contribution in [0.4, 0.5) is 8.78 Å². The van der Waals surface area contributed by atoms with Crippen molar-refractivity contribution < 1.29 is 8.78 Å². The first kappa shape index (κ1) is 12.3. The van der Waals surface area contributed by atoms with Gasteiger partial charge in [0.15, 0.2) is 5.65 Å². The average molecular weight is 290 g/mol. The van der Waals surface area contributed by atoms with Gasteiger partial charge in [0.25, 0.3) is 5.92 Å². The summed E-state index contributed by atoms with van der Waals surface area (Å²) in [5, 5.41) is 1.55. The van der Waals surface area contributed by atoms with E-state index in [9.17, 15) is 13.6 Å². The fourth-order valence-corrected chi connectivity index (χ4v) is 2.28. The highest BCUT2D eigenvalue weighted by Crippen LogP contribution is 2.27. The molecule has 0 saturated carbocycles. The summed E-state index contributed by atoms with van der Waals surface area (Å²) in [4.78, 5) is 22.2. The number of H-pyrrole nitrogens is 1. The van der Waals surface area contributed by atoms with Gasteiger partial charge in [0.1, 0.15) is 5.52 Å². The number of aromatic amines is 1. The maximum absolute atomic E-state index is 13.1. The lowest BCUT2D eigenvalue weighted by Crippen LogP contribution is -2.49. The second kappa shape index (κ2) is 4.16. The van der Waals surface area contributed by atoms with Gasteiger partial charge >= 0.3 is 5.69 Å². The Morgan fingerprint density at radius 3 is 2.74 bits per heavy atom. The van der Waals surface area contributed by atoms with Crippen LogP contribution in [0.15, 0.2) is 11.0 Å². The van der Waals surface area contributed by atoms with Crippen LogP contribution < -0.4 is 10.7 Å². The maximum atomic E-state index is 13.1. The minimum atomic E-state index is -2.67. The molecule has 1 fully saturated rings. The van der Waals surface area contributed by atoms with Crippen LogP contribution in [0, 0.1) is 0 Å². The third-order valence-corrected chi connectivity index (χ3v) is 3.31. The van der Waals surface area contributed by atoms with Gasteiger partial charge in [-0.25, -0.2) is 18.6 Å². The van der Waals surface area contributed by atoms with Crippen LogP contribution in [-0.2, 0) is 0 Å². The van der Waals surface area contributed by atoms with Crippen LogP contribution >= 0.6 is 11.6 Å². The largest absolute Gasteiger partial charge is 0.346 e. The molecule has 0 aromatic carbocycles. The van der Waals surface area contributed by atoms with Crippen molar-refractivity contribution in [1.29, 1.82) is 0 Å². The van der Waals surface area contributed by atoms with Crippen molar-refractivity contribution in [2.24, 2.45) is 0 Å². The smallest absolute Gasteiger partial charge is 0.306 e. The van der Waals surface area contributed by atoms with E-state index in [4.69, 9.17) is 11.6 Å². The van der Waals surface area contributed by atoms with Crippen molar-refractivity contribution in [2.45, 2.75) is 18.8 Å². The number of piperidine rings is 1. The number of rotatable bonds is 1. The summed E-state index contributed by atoms with van der Waals surface area (Å²) in [6.45, 7) is 0.170. The van der Waals surface area contributed by atoms with Crippen LogP contribution in [-0.4, -0.2) is 38.6 Å². The summed E-state index contributed by atoms with van der Waals surface area (Å²) in [6, 6.07) is 0. The van der Waals surface area contributed by atoms with Gasteiger partial charge < -0.3 is 9.99 Å². The number of alkyl halides is 2.